The number of benzene rings is 1. The zero-order valence-corrected chi connectivity index (χ0v) is 10.6. The van der Waals surface area contributed by atoms with Crippen LogP contribution in [0.3, 0.4) is 0 Å². The molecule has 0 aliphatic heterocycles. The van der Waals surface area contributed by atoms with Gasteiger partial charge in [-0.3, -0.25) is 0 Å². The quantitative estimate of drug-likeness (QED) is 0.790. The molecule has 2 aromatic rings. The first-order valence-electron chi connectivity index (χ1n) is 5.81. The van der Waals surface area contributed by atoms with E-state index in [0.717, 1.165) is 11.5 Å². The van der Waals surface area contributed by atoms with Gasteiger partial charge < -0.3 is 9.15 Å². The average molecular weight is 230 g/mol. The van der Waals surface area contributed by atoms with E-state index in [1.54, 1.807) is 6.26 Å². The average Bonchev–Trinajstić information content (AvgIpc) is 2.78. The van der Waals surface area contributed by atoms with Crippen LogP contribution in [-0.2, 0) is 12.0 Å². The number of rotatable bonds is 3. The van der Waals surface area contributed by atoms with Crippen molar-refractivity contribution >= 4 is 0 Å². The third-order valence-electron chi connectivity index (χ3n) is 2.66. The topological polar surface area (TPSA) is 22.4 Å². The number of hydrogen-bond acceptors (Lipinski definition) is 2. The maximum absolute atomic E-state index is 5.69. The summed E-state index contributed by atoms with van der Waals surface area (Å²) < 4.78 is 10.9. The van der Waals surface area contributed by atoms with E-state index in [0.29, 0.717) is 6.61 Å². The van der Waals surface area contributed by atoms with Crippen LogP contribution in [0.25, 0.3) is 0 Å². The molecule has 1 aromatic carbocycles. The van der Waals surface area contributed by atoms with Crippen molar-refractivity contribution < 1.29 is 9.15 Å². The lowest BCUT2D eigenvalue weighted by Crippen LogP contribution is -2.10. The molecule has 2 nitrogen and oxygen atoms in total. The van der Waals surface area contributed by atoms with E-state index in [1.165, 1.54) is 5.56 Å². The Morgan fingerprint density at radius 3 is 2.59 bits per heavy atom. The Balaban J connectivity index is 2.07. The molecule has 17 heavy (non-hydrogen) atoms. The van der Waals surface area contributed by atoms with Crippen molar-refractivity contribution in [3.8, 4) is 5.75 Å². The number of hydrogen-bond donors (Lipinski definition) is 0. The maximum atomic E-state index is 5.69. The molecule has 2 heteroatoms. The van der Waals surface area contributed by atoms with Crippen molar-refractivity contribution in [1.82, 2.24) is 0 Å². The Morgan fingerprint density at radius 2 is 1.94 bits per heavy atom. The second kappa shape index (κ2) is 4.66. The van der Waals surface area contributed by atoms with E-state index in [1.807, 2.05) is 24.3 Å². The molecule has 0 saturated carbocycles. The fraction of sp³-hybridized carbons (Fsp3) is 0.333. The van der Waals surface area contributed by atoms with E-state index in [9.17, 15) is 0 Å². The van der Waals surface area contributed by atoms with Crippen LogP contribution in [0.4, 0.5) is 0 Å². The van der Waals surface area contributed by atoms with Gasteiger partial charge in [-0.05, 0) is 35.2 Å². The van der Waals surface area contributed by atoms with Crippen LogP contribution in [0.1, 0.15) is 32.1 Å². The third kappa shape index (κ3) is 3.13. The van der Waals surface area contributed by atoms with Crippen molar-refractivity contribution in [3.63, 3.8) is 0 Å². The third-order valence-corrected chi connectivity index (χ3v) is 2.66. The monoisotopic (exact) mass is 230 g/mol. The van der Waals surface area contributed by atoms with Gasteiger partial charge in [-0.2, -0.15) is 0 Å². The molecule has 0 fully saturated rings. The summed E-state index contributed by atoms with van der Waals surface area (Å²) in [6.07, 6.45) is 1.66. The van der Waals surface area contributed by atoms with Gasteiger partial charge in [0, 0.05) is 0 Å². The largest absolute Gasteiger partial charge is 0.486 e. The molecule has 0 N–H and O–H groups in total. The smallest absolute Gasteiger partial charge is 0.146 e. The molecular formula is C15H18O2. The van der Waals surface area contributed by atoms with Gasteiger partial charge in [0.15, 0.2) is 0 Å². The molecule has 0 aliphatic rings. The normalized spacial score (nSPS) is 11.5. The van der Waals surface area contributed by atoms with Crippen molar-refractivity contribution in [3.05, 3.63) is 54.0 Å². The first-order valence-corrected chi connectivity index (χ1v) is 5.81. The maximum Gasteiger partial charge on any atom is 0.146 e. The Morgan fingerprint density at radius 1 is 1.12 bits per heavy atom. The highest BCUT2D eigenvalue weighted by Crippen LogP contribution is 2.25. The first kappa shape index (κ1) is 11.8. The fourth-order valence-electron chi connectivity index (χ4n) is 1.60. The molecule has 0 bridgehead atoms. The predicted molar refractivity (Wildman–Crippen MR) is 68.2 cm³/mol. The molecule has 0 saturated heterocycles. The highest BCUT2D eigenvalue weighted by Gasteiger charge is 2.13. The number of ether oxygens (including phenoxy) is 1. The molecule has 0 radical (unpaired) electrons. The summed E-state index contributed by atoms with van der Waals surface area (Å²) in [5.41, 5.74) is 1.42. The van der Waals surface area contributed by atoms with Crippen molar-refractivity contribution in [1.29, 1.82) is 0 Å². The lowest BCUT2D eigenvalue weighted by Gasteiger charge is -2.19. The van der Waals surface area contributed by atoms with Crippen LogP contribution >= 0.6 is 0 Å². The Bertz CT molecular complexity index is 464. The van der Waals surface area contributed by atoms with Gasteiger partial charge in [-0.25, -0.2) is 0 Å². The molecule has 0 atom stereocenters. The minimum absolute atomic E-state index is 0.143. The van der Waals surface area contributed by atoms with Crippen molar-refractivity contribution in [2.45, 2.75) is 32.8 Å². The van der Waals surface area contributed by atoms with Gasteiger partial charge in [0.05, 0.1) is 6.26 Å². The molecular weight excluding hydrogens is 212 g/mol. The van der Waals surface area contributed by atoms with Crippen molar-refractivity contribution in [2.24, 2.45) is 0 Å². The molecule has 0 aliphatic carbocycles. The predicted octanol–water partition coefficient (Wildman–Crippen LogP) is 4.16. The van der Waals surface area contributed by atoms with Gasteiger partial charge in [0.1, 0.15) is 18.1 Å². The van der Waals surface area contributed by atoms with Gasteiger partial charge in [0.2, 0.25) is 0 Å². The summed E-state index contributed by atoms with van der Waals surface area (Å²) in [6.45, 7) is 7.05. The van der Waals surface area contributed by atoms with Crippen LogP contribution < -0.4 is 4.74 Å². The summed E-state index contributed by atoms with van der Waals surface area (Å²) in [7, 11) is 0. The van der Waals surface area contributed by atoms with Crippen molar-refractivity contribution in [2.75, 3.05) is 0 Å². The second-order valence-electron chi connectivity index (χ2n) is 5.15. The Labute approximate surface area is 102 Å². The second-order valence-corrected chi connectivity index (χ2v) is 5.15. The summed E-state index contributed by atoms with van der Waals surface area (Å²) in [5, 5.41) is 0. The van der Waals surface area contributed by atoms with Crippen LogP contribution in [0.2, 0.25) is 0 Å². The van der Waals surface area contributed by atoms with Gasteiger partial charge >= 0.3 is 0 Å². The van der Waals surface area contributed by atoms with E-state index in [4.69, 9.17) is 9.15 Å². The molecule has 90 valence electrons. The minimum atomic E-state index is 0.143. The molecule has 0 amide bonds. The van der Waals surface area contributed by atoms with Crippen LogP contribution in [0.5, 0.6) is 5.75 Å². The number of furan rings is 1. The summed E-state index contributed by atoms with van der Waals surface area (Å²) in [6, 6.07) is 12.0. The van der Waals surface area contributed by atoms with E-state index in [-0.39, 0.29) is 5.41 Å². The highest BCUT2D eigenvalue weighted by atomic mass is 16.5. The SMILES string of the molecule is CC(C)(C)c1cccc(OCc2ccco2)c1. The zero-order chi connectivity index (χ0) is 12.3. The molecule has 0 unspecified atom stereocenters. The lowest BCUT2D eigenvalue weighted by atomic mass is 9.87. The van der Waals surface area contributed by atoms with E-state index < -0.39 is 0 Å². The lowest BCUT2D eigenvalue weighted by molar-refractivity contribution is 0.269. The van der Waals surface area contributed by atoms with E-state index in [2.05, 4.69) is 32.9 Å². The molecule has 2 rings (SSSR count). The van der Waals surface area contributed by atoms with Gasteiger partial charge in [0.25, 0.3) is 0 Å². The molecule has 0 spiro atoms. The van der Waals surface area contributed by atoms with Crippen LogP contribution in [0, 0.1) is 0 Å². The summed E-state index contributed by atoms with van der Waals surface area (Å²) >= 11 is 0. The Kier molecular flexibility index (Phi) is 3.23. The molecule has 1 heterocycles. The van der Waals surface area contributed by atoms with Gasteiger partial charge in [-0.1, -0.05) is 32.9 Å². The zero-order valence-electron chi connectivity index (χ0n) is 10.6. The summed E-state index contributed by atoms with van der Waals surface area (Å²) in [5.74, 6) is 1.72. The van der Waals surface area contributed by atoms with Crippen LogP contribution in [-0.4, -0.2) is 0 Å². The fourth-order valence-corrected chi connectivity index (χ4v) is 1.60. The standard InChI is InChI=1S/C15H18O2/c1-15(2,3)12-6-4-7-13(10-12)17-11-14-8-5-9-16-14/h4-10H,11H2,1-3H3. The van der Waals surface area contributed by atoms with E-state index >= 15 is 0 Å². The Hall–Kier alpha value is -1.70. The minimum Gasteiger partial charge on any atom is -0.486 e. The van der Waals surface area contributed by atoms with Crippen LogP contribution in [0.15, 0.2) is 47.1 Å². The first-order chi connectivity index (χ1) is 8.05. The highest BCUT2D eigenvalue weighted by molar-refractivity contribution is 5.32. The van der Waals surface area contributed by atoms with Gasteiger partial charge in [-0.15, -0.1) is 0 Å². The summed E-state index contributed by atoms with van der Waals surface area (Å²) in [4.78, 5) is 0. The molecule has 1 aromatic heterocycles.